The molecule has 1 aromatic heterocycles. The van der Waals surface area contributed by atoms with E-state index < -0.39 is 0 Å². The summed E-state index contributed by atoms with van der Waals surface area (Å²) in [5, 5.41) is 0.489. The van der Waals surface area contributed by atoms with Gasteiger partial charge < -0.3 is 9.88 Å². The molecule has 27 heavy (non-hydrogen) atoms. The van der Waals surface area contributed by atoms with Crippen molar-refractivity contribution in [2.75, 3.05) is 7.05 Å². The Morgan fingerprint density at radius 1 is 1.26 bits per heavy atom. The van der Waals surface area contributed by atoms with Gasteiger partial charge in [0.05, 0.1) is 10.9 Å². The van der Waals surface area contributed by atoms with Crippen molar-refractivity contribution in [2.45, 2.75) is 20.0 Å². The molecule has 1 N–H and O–H groups in total. The lowest BCUT2D eigenvalue weighted by molar-refractivity contribution is 0.0785. The Bertz CT molecular complexity index is 1130. The smallest absolute Gasteiger partial charge is 0.262 e. The molecule has 0 spiro atoms. The Hall–Kier alpha value is -2.99. The van der Waals surface area contributed by atoms with Gasteiger partial charge in [-0.15, -0.1) is 6.58 Å². The molecule has 6 heteroatoms. The zero-order chi connectivity index (χ0) is 19.6. The maximum absolute atomic E-state index is 12.8. The van der Waals surface area contributed by atoms with E-state index in [4.69, 9.17) is 12.2 Å². The van der Waals surface area contributed by atoms with Crippen LogP contribution in [0.5, 0.6) is 0 Å². The van der Waals surface area contributed by atoms with E-state index >= 15 is 0 Å². The van der Waals surface area contributed by atoms with Crippen LogP contribution >= 0.6 is 12.2 Å². The number of nitrogens with one attached hydrogen (secondary N) is 1. The number of hydrogen-bond donors (Lipinski definition) is 1. The van der Waals surface area contributed by atoms with Gasteiger partial charge in [-0.3, -0.25) is 14.2 Å². The van der Waals surface area contributed by atoms with Crippen molar-refractivity contribution >= 4 is 29.0 Å². The SMILES string of the molecule is C=CCn1c(=S)[nH]c2cc(C(=O)N(C)Cc3ccc(C)cc3)ccc2c1=O. The lowest BCUT2D eigenvalue weighted by atomic mass is 10.1. The molecule has 0 saturated carbocycles. The van der Waals surface area contributed by atoms with Gasteiger partial charge in [0.1, 0.15) is 0 Å². The van der Waals surface area contributed by atoms with E-state index in [1.54, 1.807) is 36.2 Å². The highest BCUT2D eigenvalue weighted by Gasteiger charge is 2.14. The molecule has 0 unspecified atom stereocenters. The number of aromatic nitrogens is 2. The first-order valence-corrected chi connectivity index (χ1v) is 9.00. The molecule has 0 bridgehead atoms. The summed E-state index contributed by atoms with van der Waals surface area (Å²) < 4.78 is 1.75. The first-order valence-electron chi connectivity index (χ1n) is 8.59. The summed E-state index contributed by atoms with van der Waals surface area (Å²) in [7, 11) is 1.76. The molecule has 1 amide bonds. The van der Waals surface area contributed by atoms with Gasteiger partial charge in [0.25, 0.3) is 11.5 Å². The molecular weight excluding hydrogens is 358 g/mol. The summed E-state index contributed by atoms with van der Waals surface area (Å²) in [5.41, 5.74) is 3.10. The van der Waals surface area contributed by atoms with Crippen molar-refractivity contribution in [3.63, 3.8) is 0 Å². The van der Waals surface area contributed by atoms with E-state index in [9.17, 15) is 9.59 Å². The fourth-order valence-electron chi connectivity index (χ4n) is 2.94. The third-order valence-electron chi connectivity index (χ3n) is 4.43. The van der Waals surface area contributed by atoms with E-state index in [0.717, 1.165) is 5.56 Å². The lowest BCUT2D eigenvalue weighted by Gasteiger charge is -2.18. The van der Waals surface area contributed by atoms with Gasteiger partial charge in [0.15, 0.2) is 4.77 Å². The molecule has 1 heterocycles. The predicted molar refractivity (Wildman–Crippen MR) is 111 cm³/mol. The molecule has 3 aromatic rings. The zero-order valence-corrected chi connectivity index (χ0v) is 16.2. The van der Waals surface area contributed by atoms with Gasteiger partial charge in [-0.05, 0) is 42.9 Å². The van der Waals surface area contributed by atoms with Gasteiger partial charge in [-0.25, -0.2) is 0 Å². The minimum absolute atomic E-state index is 0.118. The first-order chi connectivity index (χ1) is 12.9. The highest BCUT2D eigenvalue weighted by Crippen LogP contribution is 2.14. The maximum Gasteiger partial charge on any atom is 0.262 e. The Morgan fingerprint density at radius 3 is 2.63 bits per heavy atom. The first kappa shape index (κ1) is 18.8. The minimum atomic E-state index is -0.194. The molecule has 0 aliphatic heterocycles. The fraction of sp³-hybridized carbons (Fsp3) is 0.190. The van der Waals surface area contributed by atoms with Crippen molar-refractivity contribution in [3.05, 3.63) is 86.9 Å². The second kappa shape index (κ2) is 7.72. The van der Waals surface area contributed by atoms with Gasteiger partial charge in [-0.1, -0.05) is 35.9 Å². The summed E-state index contributed by atoms with van der Waals surface area (Å²) in [6.45, 7) is 6.52. The number of H-pyrrole nitrogens is 1. The Morgan fingerprint density at radius 2 is 1.96 bits per heavy atom. The summed E-state index contributed by atoms with van der Waals surface area (Å²) in [5.74, 6) is -0.118. The quantitative estimate of drug-likeness (QED) is 0.541. The average molecular weight is 379 g/mol. The average Bonchev–Trinajstić information content (AvgIpc) is 2.65. The number of nitrogens with zero attached hydrogens (tertiary/aromatic N) is 2. The largest absolute Gasteiger partial charge is 0.337 e. The van der Waals surface area contributed by atoms with E-state index in [0.29, 0.717) is 34.3 Å². The van der Waals surface area contributed by atoms with Gasteiger partial charge in [0.2, 0.25) is 0 Å². The topological polar surface area (TPSA) is 58.1 Å². The summed E-state index contributed by atoms with van der Waals surface area (Å²) >= 11 is 5.25. The van der Waals surface area contributed by atoms with Crippen LogP contribution < -0.4 is 5.56 Å². The van der Waals surface area contributed by atoms with Crippen LogP contribution in [-0.2, 0) is 13.1 Å². The van der Waals surface area contributed by atoms with Crippen LogP contribution in [0.25, 0.3) is 10.9 Å². The monoisotopic (exact) mass is 379 g/mol. The molecule has 0 aliphatic rings. The number of aryl methyl sites for hydroxylation is 1. The normalized spacial score (nSPS) is 10.7. The molecule has 0 aliphatic carbocycles. The Kier molecular flexibility index (Phi) is 5.37. The van der Waals surface area contributed by atoms with E-state index in [1.165, 1.54) is 10.1 Å². The van der Waals surface area contributed by atoms with Crippen molar-refractivity contribution < 1.29 is 4.79 Å². The number of hydrogen-bond acceptors (Lipinski definition) is 3. The van der Waals surface area contributed by atoms with E-state index in [1.807, 2.05) is 31.2 Å². The predicted octanol–water partition coefficient (Wildman–Crippen LogP) is 3.83. The van der Waals surface area contributed by atoms with E-state index in [-0.39, 0.29) is 11.5 Å². The molecule has 0 atom stereocenters. The van der Waals surface area contributed by atoms with Crippen LogP contribution in [0.3, 0.4) is 0 Å². The van der Waals surface area contributed by atoms with Crippen molar-refractivity contribution in [1.82, 2.24) is 14.5 Å². The fourth-order valence-corrected chi connectivity index (χ4v) is 3.21. The van der Waals surface area contributed by atoms with E-state index in [2.05, 4.69) is 11.6 Å². The number of carbonyl (C=O) groups excluding carboxylic acids is 1. The van der Waals surface area contributed by atoms with Gasteiger partial charge in [-0.2, -0.15) is 0 Å². The second-order valence-corrected chi connectivity index (χ2v) is 6.93. The molecule has 0 saturated heterocycles. The van der Waals surface area contributed by atoms with Crippen molar-refractivity contribution in [1.29, 1.82) is 0 Å². The number of aromatic amines is 1. The van der Waals surface area contributed by atoms with Crippen LogP contribution in [0.4, 0.5) is 0 Å². The lowest BCUT2D eigenvalue weighted by Crippen LogP contribution is -2.26. The number of fused-ring (bicyclic) bond motifs is 1. The van der Waals surface area contributed by atoms with Crippen LogP contribution in [0.1, 0.15) is 21.5 Å². The molecular formula is C21H21N3O2S. The molecule has 0 radical (unpaired) electrons. The third-order valence-corrected chi connectivity index (χ3v) is 4.75. The number of amides is 1. The van der Waals surface area contributed by atoms with Crippen molar-refractivity contribution in [2.24, 2.45) is 0 Å². The second-order valence-electron chi connectivity index (χ2n) is 6.54. The number of benzene rings is 2. The highest BCUT2D eigenvalue weighted by atomic mass is 32.1. The number of carbonyl (C=O) groups is 1. The minimum Gasteiger partial charge on any atom is -0.337 e. The third kappa shape index (κ3) is 3.90. The standard InChI is InChI=1S/C21H21N3O2S/c1-4-11-24-20(26)17-10-9-16(12-18(17)22-21(24)27)19(25)23(3)13-15-7-5-14(2)6-8-15/h4-10,12H,1,11,13H2,2-3H3,(H,22,27). The summed E-state index contributed by atoms with van der Waals surface area (Å²) in [6.07, 6.45) is 1.62. The molecule has 138 valence electrons. The van der Waals surface area contributed by atoms with Gasteiger partial charge in [0, 0.05) is 25.7 Å². The molecule has 3 rings (SSSR count). The van der Waals surface area contributed by atoms with Crippen molar-refractivity contribution in [3.8, 4) is 0 Å². The Balaban J connectivity index is 1.92. The van der Waals surface area contributed by atoms with Crippen LogP contribution in [0.15, 0.2) is 59.9 Å². The number of rotatable bonds is 5. The summed E-state index contributed by atoms with van der Waals surface area (Å²) in [6, 6.07) is 13.1. The van der Waals surface area contributed by atoms with Crippen LogP contribution in [-0.4, -0.2) is 27.4 Å². The van der Waals surface area contributed by atoms with Crippen LogP contribution in [0, 0.1) is 11.7 Å². The molecule has 2 aromatic carbocycles. The highest BCUT2D eigenvalue weighted by molar-refractivity contribution is 7.71. The van der Waals surface area contributed by atoms with Crippen LogP contribution in [0.2, 0.25) is 0 Å². The summed E-state index contributed by atoms with van der Waals surface area (Å²) in [4.78, 5) is 30.0. The maximum atomic E-state index is 12.8. The Labute approximate surface area is 162 Å². The zero-order valence-electron chi connectivity index (χ0n) is 15.4. The molecule has 5 nitrogen and oxygen atoms in total. The van der Waals surface area contributed by atoms with Gasteiger partial charge >= 0.3 is 0 Å². The molecule has 0 fully saturated rings. The number of allylic oxidation sites excluding steroid dienone is 1.